The fourth-order valence-electron chi connectivity index (χ4n) is 2.72. The molecule has 5 nitrogen and oxygen atoms in total. The molecular formula is C18H36N2O3Si2. The van der Waals surface area contributed by atoms with Crippen LogP contribution in [0, 0.1) is 0 Å². The molecule has 0 aromatic carbocycles. The van der Waals surface area contributed by atoms with Gasteiger partial charge in [-0.3, -0.25) is 9.59 Å². The zero-order valence-corrected chi connectivity index (χ0v) is 18.8. The van der Waals surface area contributed by atoms with E-state index in [9.17, 15) is 9.59 Å². The van der Waals surface area contributed by atoms with E-state index in [0.29, 0.717) is 13.1 Å². The molecule has 2 amide bonds. The van der Waals surface area contributed by atoms with E-state index in [1.54, 1.807) is 24.3 Å². The first kappa shape index (κ1) is 23.8. The first-order valence-corrected chi connectivity index (χ1v) is 15.4. The van der Waals surface area contributed by atoms with Crippen LogP contribution in [-0.2, 0) is 13.7 Å². The van der Waals surface area contributed by atoms with E-state index < -0.39 is 16.6 Å². The van der Waals surface area contributed by atoms with Crippen LogP contribution >= 0.6 is 0 Å². The predicted molar refractivity (Wildman–Crippen MR) is 111 cm³/mol. The number of hydrogen-bond donors (Lipinski definition) is 2. The third kappa shape index (κ3) is 13.7. The Morgan fingerprint density at radius 3 is 1.48 bits per heavy atom. The smallest absolute Gasteiger partial charge is 0.243 e. The second kappa shape index (κ2) is 12.2. The molecule has 0 atom stereocenters. The number of allylic oxidation sites excluding steroid dienone is 2. The summed E-state index contributed by atoms with van der Waals surface area (Å²) in [5.41, 5.74) is 0. The Morgan fingerprint density at radius 2 is 1.16 bits per heavy atom. The van der Waals surface area contributed by atoms with Gasteiger partial charge in [0.2, 0.25) is 11.8 Å². The molecule has 0 radical (unpaired) electrons. The molecule has 0 aromatic rings. The average Bonchev–Trinajstić information content (AvgIpc) is 2.48. The lowest BCUT2D eigenvalue weighted by Crippen LogP contribution is -2.44. The minimum atomic E-state index is -1.73. The molecule has 0 unspecified atom stereocenters. The van der Waals surface area contributed by atoms with Crippen molar-refractivity contribution in [2.45, 2.75) is 65.0 Å². The standard InChI is InChI=1S/C18H36N2O3Si2/c1-7-11-17(21)19-13-9-15-24(3,4)23-25(5,6)16-10-14-20-18(22)12-8-2/h7-8,11-12H,9-10,13-16H2,1-6H3,(H,19,21)(H,20,22). The molecule has 144 valence electrons. The quantitative estimate of drug-likeness (QED) is 0.307. The highest BCUT2D eigenvalue weighted by atomic mass is 28.4. The molecule has 0 aliphatic heterocycles. The molecule has 0 aliphatic carbocycles. The molecule has 25 heavy (non-hydrogen) atoms. The number of carbonyl (C=O) groups excluding carboxylic acids is 2. The molecule has 0 saturated heterocycles. The first-order valence-electron chi connectivity index (χ1n) is 9.13. The highest BCUT2D eigenvalue weighted by Crippen LogP contribution is 2.23. The summed E-state index contributed by atoms with van der Waals surface area (Å²) in [6.07, 6.45) is 8.48. The van der Waals surface area contributed by atoms with Crippen LogP contribution in [0.25, 0.3) is 0 Å². The van der Waals surface area contributed by atoms with Gasteiger partial charge in [0, 0.05) is 13.1 Å². The summed E-state index contributed by atoms with van der Waals surface area (Å²) in [5, 5.41) is 5.78. The van der Waals surface area contributed by atoms with E-state index >= 15 is 0 Å². The largest absolute Gasteiger partial charge is 0.455 e. The van der Waals surface area contributed by atoms with Gasteiger partial charge in [-0.05, 0) is 77.1 Å². The van der Waals surface area contributed by atoms with Gasteiger partial charge >= 0.3 is 0 Å². The Kier molecular flexibility index (Phi) is 11.6. The van der Waals surface area contributed by atoms with Gasteiger partial charge in [0.25, 0.3) is 0 Å². The third-order valence-corrected chi connectivity index (χ3v) is 11.2. The lowest BCUT2D eigenvalue weighted by molar-refractivity contribution is -0.117. The van der Waals surface area contributed by atoms with Crippen molar-refractivity contribution in [2.24, 2.45) is 0 Å². The predicted octanol–water partition coefficient (Wildman–Crippen LogP) is 3.58. The van der Waals surface area contributed by atoms with Gasteiger partial charge in [-0.2, -0.15) is 0 Å². The maximum Gasteiger partial charge on any atom is 0.243 e. The zero-order valence-electron chi connectivity index (χ0n) is 16.8. The maximum atomic E-state index is 11.4. The van der Waals surface area contributed by atoms with Gasteiger partial charge in [-0.1, -0.05) is 12.2 Å². The number of amides is 2. The number of nitrogens with one attached hydrogen (secondary N) is 2. The lowest BCUT2D eigenvalue weighted by atomic mass is 10.4. The van der Waals surface area contributed by atoms with E-state index in [1.165, 1.54) is 0 Å². The van der Waals surface area contributed by atoms with Crippen LogP contribution in [-0.4, -0.2) is 41.5 Å². The van der Waals surface area contributed by atoms with Crippen LogP contribution in [0.15, 0.2) is 24.3 Å². The Balaban J connectivity index is 4.10. The normalized spacial score (nSPS) is 12.7. The van der Waals surface area contributed by atoms with E-state index in [4.69, 9.17) is 4.12 Å². The van der Waals surface area contributed by atoms with Crippen LogP contribution < -0.4 is 10.6 Å². The minimum Gasteiger partial charge on any atom is -0.455 e. The van der Waals surface area contributed by atoms with Crippen molar-refractivity contribution in [3.63, 3.8) is 0 Å². The Labute approximate surface area is 155 Å². The van der Waals surface area contributed by atoms with E-state index in [-0.39, 0.29) is 11.8 Å². The van der Waals surface area contributed by atoms with Crippen molar-refractivity contribution >= 4 is 28.4 Å². The fraction of sp³-hybridized carbons (Fsp3) is 0.667. The molecule has 0 heterocycles. The SMILES string of the molecule is CC=CC(=O)NCCC[Si](C)(C)O[Si](C)(C)CCCNC(=O)C=CC. The summed E-state index contributed by atoms with van der Waals surface area (Å²) in [5.74, 6) is -0.0601. The summed E-state index contributed by atoms with van der Waals surface area (Å²) >= 11 is 0. The van der Waals surface area contributed by atoms with E-state index in [1.807, 2.05) is 13.8 Å². The molecule has 0 rings (SSSR count). The van der Waals surface area contributed by atoms with Gasteiger partial charge in [0.1, 0.15) is 0 Å². The van der Waals surface area contributed by atoms with Gasteiger partial charge < -0.3 is 14.7 Å². The van der Waals surface area contributed by atoms with Gasteiger partial charge in [-0.15, -0.1) is 0 Å². The molecule has 0 saturated carbocycles. The Bertz CT molecular complexity index is 433. The highest BCUT2D eigenvalue weighted by Gasteiger charge is 2.32. The summed E-state index contributed by atoms with van der Waals surface area (Å²) in [4.78, 5) is 22.8. The van der Waals surface area contributed by atoms with Crippen LogP contribution in [0.4, 0.5) is 0 Å². The fourth-order valence-corrected chi connectivity index (χ4v) is 11.6. The Hall–Kier alpha value is -1.19. The lowest BCUT2D eigenvalue weighted by Gasteiger charge is -2.34. The summed E-state index contributed by atoms with van der Waals surface area (Å²) in [7, 11) is -3.46. The Morgan fingerprint density at radius 1 is 0.800 bits per heavy atom. The van der Waals surface area contributed by atoms with Gasteiger partial charge in [0.15, 0.2) is 16.6 Å². The van der Waals surface area contributed by atoms with Crippen LogP contribution in [0.1, 0.15) is 26.7 Å². The van der Waals surface area contributed by atoms with Crippen molar-refractivity contribution in [2.75, 3.05) is 13.1 Å². The number of hydrogen-bond acceptors (Lipinski definition) is 3. The van der Waals surface area contributed by atoms with E-state index in [0.717, 1.165) is 24.9 Å². The van der Waals surface area contributed by atoms with E-state index in [2.05, 4.69) is 36.8 Å². The summed E-state index contributed by atoms with van der Waals surface area (Å²) in [6.45, 7) is 14.1. The van der Waals surface area contributed by atoms with Crippen molar-refractivity contribution in [3.8, 4) is 0 Å². The average molecular weight is 385 g/mol. The van der Waals surface area contributed by atoms with Gasteiger partial charge in [-0.25, -0.2) is 0 Å². The molecule has 0 bridgehead atoms. The van der Waals surface area contributed by atoms with Crippen molar-refractivity contribution < 1.29 is 13.7 Å². The molecule has 0 aromatic heterocycles. The van der Waals surface area contributed by atoms with Crippen LogP contribution in [0.5, 0.6) is 0 Å². The van der Waals surface area contributed by atoms with Crippen LogP contribution in [0.2, 0.25) is 38.3 Å². The number of carbonyl (C=O) groups is 2. The molecular weight excluding hydrogens is 348 g/mol. The monoisotopic (exact) mass is 384 g/mol. The molecule has 7 heteroatoms. The van der Waals surface area contributed by atoms with Crippen molar-refractivity contribution in [1.82, 2.24) is 10.6 Å². The molecule has 0 aliphatic rings. The van der Waals surface area contributed by atoms with Crippen LogP contribution in [0.3, 0.4) is 0 Å². The molecule has 2 N–H and O–H groups in total. The topological polar surface area (TPSA) is 67.4 Å². The highest BCUT2D eigenvalue weighted by molar-refractivity contribution is 6.84. The second-order valence-electron chi connectivity index (χ2n) is 7.41. The van der Waals surface area contributed by atoms with Crippen molar-refractivity contribution in [3.05, 3.63) is 24.3 Å². The minimum absolute atomic E-state index is 0.0300. The number of rotatable bonds is 12. The molecule has 0 fully saturated rings. The molecule has 0 spiro atoms. The zero-order chi connectivity index (χ0) is 19.3. The third-order valence-electron chi connectivity index (χ3n) is 3.70. The maximum absolute atomic E-state index is 11.4. The summed E-state index contributed by atoms with van der Waals surface area (Å²) < 4.78 is 6.56. The first-order chi connectivity index (χ1) is 11.6. The van der Waals surface area contributed by atoms with Crippen molar-refractivity contribution in [1.29, 1.82) is 0 Å². The summed E-state index contributed by atoms with van der Waals surface area (Å²) in [6, 6.07) is 2.08. The second-order valence-corrected chi connectivity index (χ2v) is 16.3. The van der Waals surface area contributed by atoms with Gasteiger partial charge in [0.05, 0.1) is 0 Å².